The van der Waals surface area contributed by atoms with Crippen molar-refractivity contribution in [2.75, 3.05) is 0 Å². The maximum atomic E-state index is 11.5. The van der Waals surface area contributed by atoms with E-state index in [1.165, 1.54) is 0 Å². The smallest absolute Gasteiger partial charge is 0.340 e. The monoisotopic (exact) mass is 211 g/mol. The van der Waals surface area contributed by atoms with Crippen LogP contribution in [-0.4, -0.2) is 16.6 Å². The van der Waals surface area contributed by atoms with Gasteiger partial charge in [-0.05, 0) is 32.9 Å². The Bertz CT molecular complexity index is 369. The molecule has 0 spiro atoms. The van der Waals surface area contributed by atoms with E-state index in [2.05, 4.69) is 4.98 Å². The second-order valence-electron chi connectivity index (χ2n) is 3.94. The van der Waals surface area contributed by atoms with Crippen molar-refractivity contribution in [3.8, 4) is 0 Å². The first-order chi connectivity index (χ1) is 6.38. The van der Waals surface area contributed by atoms with E-state index >= 15 is 0 Å². The van der Waals surface area contributed by atoms with Gasteiger partial charge in [0.15, 0.2) is 0 Å². The maximum Gasteiger partial charge on any atom is 0.340 e. The Hall–Kier alpha value is -1.16. The van der Waals surface area contributed by atoms with Gasteiger partial charge >= 0.3 is 5.97 Å². The van der Waals surface area contributed by atoms with Gasteiger partial charge in [0.2, 0.25) is 0 Å². The largest absolute Gasteiger partial charge is 0.456 e. The molecule has 0 aliphatic carbocycles. The summed E-state index contributed by atoms with van der Waals surface area (Å²) in [6.07, 6.45) is 1.55. The number of esters is 1. The fraction of sp³-hybridized carbons (Fsp3) is 0.400. The third kappa shape index (κ3) is 3.30. The Kier molecular flexibility index (Phi) is 3.06. The van der Waals surface area contributed by atoms with Gasteiger partial charge in [0.05, 0.1) is 5.56 Å². The normalized spacial score (nSPS) is 11.1. The van der Waals surface area contributed by atoms with Crippen LogP contribution in [0.1, 0.15) is 31.1 Å². The van der Waals surface area contributed by atoms with Crippen LogP contribution in [0, 0.1) is 4.64 Å². The van der Waals surface area contributed by atoms with Crippen LogP contribution in [0.15, 0.2) is 18.3 Å². The molecule has 0 aliphatic rings. The molecule has 3 nitrogen and oxygen atoms in total. The second kappa shape index (κ2) is 3.92. The highest BCUT2D eigenvalue weighted by Crippen LogP contribution is 2.10. The number of rotatable bonds is 1. The molecule has 1 aromatic heterocycles. The zero-order valence-corrected chi connectivity index (χ0v) is 9.27. The zero-order chi connectivity index (χ0) is 10.8. The van der Waals surface area contributed by atoms with Gasteiger partial charge in [0.25, 0.3) is 0 Å². The molecule has 0 fully saturated rings. The standard InChI is InChI=1S/C10H13NO2S/c1-10(2,3)13-9(12)7-4-5-8(14)11-6-7/h4-6H,1-3H3,(H,11,14). The lowest BCUT2D eigenvalue weighted by Gasteiger charge is -2.19. The molecule has 1 aromatic rings. The van der Waals surface area contributed by atoms with Crippen molar-refractivity contribution in [1.82, 2.24) is 4.98 Å². The molecular formula is C10H13NO2S. The average molecular weight is 211 g/mol. The molecule has 0 radical (unpaired) electrons. The second-order valence-corrected chi connectivity index (χ2v) is 4.38. The lowest BCUT2D eigenvalue weighted by Crippen LogP contribution is -2.23. The van der Waals surface area contributed by atoms with Crippen LogP contribution in [0.3, 0.4) is 0 Å². The van der Waals surface area contributed by atoms with Crippen molar-refractivity contribution >= 4 is 18.2 Å². The SMILES string of the molecule is CC(C)(C)OC(=O)c1ccc(=S)[nH]c1. The van der Waals surface area contributed by atoms with Crippen molar-refractivity contribution in [3.63, 3.8) is 0 Å². The Morgan fingerprint density at radius 1 is 1.43 bits per heavy atom. The van der Waals surface area contributed by atoms with Crippen LogP contribution < -0.4 is 0 Å². The number of H-pyrrole nitrogens is 1. The van der Waals surface area contributed by atoms with E-state index in [0.29, 0.717) is 10.2 Å². The summed E-state index contributed by atoms with van der Waals surface area (Å²) in [7, 11) is 0. The number of hydrogen-bond acceptors (Lipinski definition) is 3. The zero-order valence-electron chi connectivity index (χ0n) is 8.46. The van der Waals surface area contributed by atoms with Crippen LogP contribution in [-0.2, 0) is 4.74 Å². The predicted molar refractivity (Wildman–Crippen MR) is 56.8 cm³/mol. The summed E-state index contributed by atoms with van der Waals surface area (Å²) in [5.74, 6) is -0.344. The molecular weight excluding hydrogens is 198 g/mol. The molecule has 0 amide bonds. The van der Waals surface area contributed by atoms with Gasteiger partial charge < -0.3 is 9.72 Å². The topological polar surface area (TPSA) is 42.1 Å². The van der Waals surface area contributed by atoms with Crippen LogP contribution in [0.2, 0.25) is 0 Å². The summed E-state index contributed by atoms with van der Waals surface area (Å²) >= 11 is 4.86. The number of ether oxygens (including phenoxy) is 1. The van der Waals surface area contributed by atoms with Crippen molar-refractivity contribution in [1.29, 1.82) is 0 Å². The van der Waals surface area contributed by atoms with E-state index in [-0.39, 0.29) is 5.97 Å². The van der Waals surface area contributed by atoms with Crippen LogP contribution in [0.5, 0.6) is 0 Å². The molecule has 0 atom stereocenters. The highest BCUT2D eigenvalue weighted by Gasteiger charge is 2.17. The van der Waals surface area contributed by atoms with Gasteiger partial charge in [0.1, 0.15) is 10.2 Å². The van der Waals surface area contributed by atoms with Gasteiger partial charge in [-0.3, -0.25) is 0 Å². The average Bonchev–Trinajstić information content (AvgIpc) is 2.02. The summed E-state index contributed by atoms with van der Waals surface area (Å²) in [4.78, 5) is 14.3. The molecule has 0 saturated carbocycles. The molecule has 1 rings (SSSR count). The van der Waals surface area contributed by atoms with Crippen molar-refractivity contribution < 1.29 is 9.53 Å². The van der Waals surface area contributed by atoms with E-state index in [0.717, 1.165) is 0 Å². The van der Waals surface area contributed by atoms with Gasteiger partial charge in [-0.15, -0.1) is 0 Å². The Morgan fingerprint density at radius 2 is 2.07 bits per heavy atom. The number of pyridine rings is 1. The van der Waals surface area contributed by atoms with Crippen LogP contribution in [0.25, 0.3) is 0 Å². The fourth-order valence-electron chi connectivity index (χ4n) is 0.875. The molecule has 0 saturated heterocycles. The molecule has 1 heterocycles. The third-order valence-corrected chi connectivity index (χ3v) is 1.67. The highest BCUT2D eigenvalue weighted by atomic mass is 32.1. The minimum Gasteiger partial charge on any atom is -0.456 e. The molecule has 4 heteroatoms. The summed E-state index contributed by atoms with van der Waals surface area (Å²) in [6, 6.07) is 3.31. The maximum absolute atomic E-state index is 11.5. The van der Waals surface area contributed by atoms with Crippen LogP contribution >= 0.6 is 12.2 Å². The Labute approximate surface area is 88.1 Å². The number of aromatic nitrogens is 1. The summed E-state index contributed by atoms with van der Waals surface area (Å²) < 4.78 is 5.77. The number of aromatic amines is 1. The number of carbonyl (C=O) groups excluding carboxylic acids is 1. The highest BCUT2D eigenvalue weighted by molar-refractivity contribution is 7.71. The van der Waals surface area contributed by atoms with Crippen molar-refractivity contribution in [3.05, 3.63) is 28.5 Å². The van der Waals surface area contributed by atoms with Gasteiger partial charge in [-0.2, -0.15) is 0 Å². The first-order valence-electron chi connectivity index (χ1n) is 4.30. The third-order valence-electron chi connectivity index (χ3n) is 1.42. The molecule has 1 N–H and O–H groups in total. The van der Waals surface area contributed by atoms with Crippen molar-refractivity contribution in [2.45, 2.75) is 26.4 Å². The lowest BCUT2D eigenvalue weighted by molar-refractivity contribution is 0.00691. The van der Waals surface area contributed by atoms with E-state index in [4.69, 9.17) is 17.0 Å². The summed E-state index contributed by atoms with van der Waals surface area (Å²) in [6.45, 7) is 5.49. The molecule has 0 unspecified atom stereocenters. The number of hydrogen-bond donors (Lipinski definition) is 1. The first-order valence-corrected chi connectivity index (χ1v) is 4.71. The summed E-state index contributed by atoms with van der Waals surface area (Å²) in [5.41, 5.74) is 0.0116. The van der Waals surface area contributed by atoms with E-state index in [1.54, 1.807) is 18.3 Å². The minimum absolute atomic E-state index is 0.344. The number of nitrogens with one attached hydrogen (secondary N) is 1. The fourth-order valence-corrected chi connectivity index (χ4v) is 1.00. The van der Waals surface area contributed by atoms with Gasteiger partial charge in [-0.25, -0.2) is 4.79 Å². The molecule has 0 aliphatic heterocycles. The molecule has 0 aromatic carbocycles. The van der Waals surface area contributed by atoms with Gasteiger partial charge in [0, 0.05) is 6.20 Å². The number of carbonyl (C=O) groups is 1. The van der Waals surface area contributed by atoms with Crippen molar-refractivity contribution in [2.24, 2.45) is 0 Å². The van der Waals surface area contributed by atoms with Crippen LogP contribution in [0.4, 0.5) is 0 Å². The Balaban J connectivity index is 2.81. The quantitative estimate of drug-likeness (QED) is 0.573. The molecule has 0 bridgehead atoms. The van der Waals surface area contributed by atoms with E-state index in [9.17, 15) is 4.79 Å². The minimum atomic E-state index is -0.469. The predicted octanol–water partition coefficient (Wildman–Crippen LogP) is 2.70. The first kappa shape index (κ1) is 10.9. The molecule has 76 valence electrons. The Morgan fingerprint density at radius 3 is 2.50 bits per heavy atom. The summed E-state index contributed by atoms with van der Waals surface area (Å²) in [5, 5.41) is 0. The van der Waals surface area contributed by atoms with Gasteiger partial charge in [-0.1, -0.05) is 12.2 Å². The van der Waals surface area contributed by atoms with E-state index < -0.39 is 5.60 Å². The lowest BCUT2D eigenvalue weighted by atomic mass is 10.2. The van der Waals surface area contributed by atoms with E-state index in [1.807, 2.05) is 20.8 Å². The molecule has 14 heavy (non-hydrogen) atoms.